The van der Waals surface area contributed by atoms with E-state index in [9.17, 15) is 19.5 Å². The molecular weight excluding hydrogens is 949 g/mol. The Hall–Kier alpha value is -3.41. The molecule has 2 aromatic carbocycles. The van der Waals surface area contributed by atoms with Gasteiger partial charge in [0, 0.05) is 32.1 Å². The summed E-state index contributed by atoms with van der Waals surface area (Å²) in [6.45, 7) is 27.8. The second-order valence-corrected chi connectivity index (χ2v) is 28.5. The summed E-state index contributed by atoms with van der Waals surface area (Å²) in [5.74, 6) is 8.40. The fourth-order valence-electron chi connectivity index (χ4n) is 21.5. The number of ether oxygens (including phenoxy) is 2. The van der Waals surface area contributed by atoms with Crippen molar-refractivity contribution in [1.82, 2.24) is 0 Å². The van der Waals surface area contributed by atoms with Crippen molar-refractivity contribution in [2.45, 2.75) is 226 Å². The van der Waals surface area contributed by atoms with Gasteiger partial charge >= 0.3 is 17.9 Å². The summed E-state index contributed by atoms with van der Waals surface area (Å²) in [4.78, 5) is 36.5. The van der Waals surface area contributed by atoms with E-state index < -0.39 is 5.97 Å². The number of fused-ring (bicyclic) bond motifs is 10. The molecule has 0 bridgehead atoms. The highest BCUT2D eigenvalue weighted by Crippen LogP contribution is 2.72. The summed E-state index contributed by atoms with van der Waals surface area (Å²) < 4.78 is 12.7. The number of esters is 2. The van der Waals surface area contributed by atoms with Gasteiger partial charge < -0.3 is 14.6 Å². The van der Waals surface area contributed by atoms with Crippen molar-refractivity contribution in [2.75, 3.05) is 0 Å². The maximum atomic E-state index is 12.7. The molecule has 430 valence electrons. The highest BCUT2D eigenvalue weighted by atomic mass is 16.5. The maximum Gasteiger partial charge on any atom is 0.303 e. The fraction of sp³-hybridized carbons (Fsp3) is 0.761. The standard InChI is InChI=1S/C41H56O2.C28H46O4.2CH4/c1-7-32-37-26-27(2)22-24-41(37,6)36-23-25-40(5)34(20-21-35(40)38(36)39(32)43-29(4)42)28(3)18-19-33(30-14-10-8-11-15-30)31-16-12-9-13-17-31;1-7-19-23-14-16(2)10-12-28(23,6)22-11-13-27(5)20(17(3)15-24(30)31)8-9-21(27)25(22)26(19)32-18(4)29;;/h8-17,19,27-28,32,34-39H,7,18,20-26H2,1-6H3;16-17,19-23,25-26H,7-15H2,1-6H3,(H,30,31);2*1H4/t27-,28-,32-,34-,35?,36?,37+,38?,39-,40-,41-;16-,17-,19-,20-,21?,22?,23+,25?,26-,27-,28-;;/m11../s1. The van der Waals surface area contributed by atoms with Gasteiger partial charge in [0.2, 0.25) is 0 Å². The van der Waals surface area contributed by atoms with Gasteiger partial charge in [-0.1, -0.05) is 164 Å². The van der Waals surface area contributed by atoms with Crippen LogP contribution in [-0.4, -0.2) is 35.2 Å². The van der Waals surface area contributed by atoms with Crippen LogP contribution in [0.2, 0.25) is 0 Å². The van der Waals surface area contributed by atoms with Crippen molar-refractivity contribution in [1.29, 1.82) is 0 Å². The summed E-state index contributed by atoms with van der Waals surface area (Å²) in [5, 5.41) is 9.45. The number of hydrogen-bond acceptors (Lipinski definition) is 5. The van der Waals surface area contributed by atoms with Gasteiger partial charge in [0.05, 0.1) is 0 Å². The SMILES string of the molecule is C.C.CC[C@H]1[C@@H](OC(C)=O)C2C3CC[C@H]([C@H](C)CC(=O)O)[C@@]3(C)CCC2[C@@]2(C)CC[C@@H](C)C[C@@H]12.CC[C@H]1[C@@H](OC(C)=O)C2C3CC[C@H]([C@H](C)CC=C(c4ccccc4)c4ccccc4)[C@@]3(C)CCC2[C@@]2(C)CC[C@@H](C)C[C@@H]12. The van der Waals surface area contributed by atoms with Crippen LogP contribution in [0.15, 0.2) is 66.7 Å². The molecule has 0 heterocycles. The van der Waals surface area contributed by atoms with Crippen LogP contribution in [0.25, 0.3) is 5.57 Å². The van der Waals surface area contributed by atoms with Gasteiger partial charge in [-0.25, -0.2) is 0 Å². The van der Waals surface area contributed by atoms with E-state index in [0.717, 1.165) is 43.9 Å². The van der Waals surface area contributed by atoms with Gasteiger partial charge in [0.25, 0.3) is 0 Å². The zero-order valence-electron chi connectivity index (χ0n) is 49.0. The quantitative estimate of drug-likeness (QED) is 0.213. The highest BCUT2D eigenvalue weighted by molar-refractivity contribution is 5.79. The second kappa shape index (κ2) is 24.4. The lowest BCUT2D eigenvalue weighted by molar-refractivity contribution is -0.214. The Balaban J connectivity index is 0.000000227. The number of hydrogen-bond donors (Lipinski definition) is 1. The van der Waals surface area contributed by atoms with E-state index in [2.05, 4.69) is 136 Å². The van der Waals surface area contributed by atoms with Crippen LogP contribution in [0.1, 0.15) is 225 Å². The predicted molar refractivity (Wildman–Crippen MR) is 318 cm³/mol. The van der Waals surface area contributed by atoms with Gasteiger partial charge in [-0.15, -0.1) is 0 Å². The summed E-state index contributed by atoms with van der Waals surface area (Å²) in [6.07, 6.45) is 24.1. The molecular formula is C71H110O6. The molecule has 77 heavy (non-hydrogen) atoms. The Kier molecular flexibility index (Phi) is 19.4. The van der Waals surface area contributed by atoms with E-state index >= 15 is 0 Å². The molecule has 0 aliphatic heterocycles. The van der Waals surface area contributed by atoms with E-state index in [1.807, 2.05) is 0 Å². The first-order chi connectivity index (χ1) is 35.7. The lowest BCUT2D eigenvalue weighted by Gasteiger charge is -2.65. The molecule has 6 heteroatoms. The normalized spacial score (nSPS) is 42.1. The Bertz CT molecular complexity index is 2280. The van der Waals surface area contributed by atoms with Crippen molar-refractivity contribution in [3.8, 4) is 0 Å². The minimum Gasteiger partial charge on any atom is -0.481 e. The Morgan fingerprint density at radius 2 is 0.935 bits per heavy atom. The van der Waals surface area contributed by atoms with Crippen LogP contribution in [0, 0.1) is 116 Å². The molecule has 0 spiro atoms. The number of carbonyl (C=O) groups excluding carboxylic acids is 2. The molecule has 22 atom stereocenters. The largest absolute Gasteiger partial charge is 0.481 e. The van der Waals surface area contributed by atoms with Crippen molar-refractivity contribution >= 4 is 23.5 Å². The molecule has 8 aliphatic rings. The van der Waals surface area contributed by atoms with Gasteiger partial charge in [-0.05, 0) is 218 Å². The highest BCUT2D eigenvalue weighted by Gasteiger charge is 2.68. The number of carbonyl (C=O) groups is 3. The minimum atomic E-state index is -0.675. The molecule has 0 radical (unpaired) electrons. The first kappa shape index (κ1) is 61.2. The number of benzene rings is 2. The molecule has 10 rings (SSSR count). The van der Waals surface area contributed by atoms with E-state index in [-0.39, 0.29) is 56.8 Å². The molecule has 6 unspecified atom stereocenters. The summed E-state index contributed by atoms with van der Waals surface area (Å²) >= 11 is 0. The first-order valence-corrected chi connectivity index (χ1v) is 31.1. The number of rotatable bonds is 12. The lowest BCUT2D eigenvalue weighted by atomic mass is 9.41. The van der Waals surface area contributed by atoms with E-state index in [1.54, 1.807) is 13.8 Å². The molecule has 0 aromatic heterocycles. The number of carboxylic acids is 1. The van der Waals surface area contributed by atoms with Crippen LogP contribution in [0.3, 0.4) is 0 Å². The molecule has 1 N–H and O–H groups in total. The minimum absolute atomic E-state index is 0. The lowest BCUT2D eigenvalue weighted by Crippen LogP contribution is -2.62. The maximum absolute atomic E-state index is 12.7. The van der Waals surface area contributed by atoms with Crippen molar-refractivity contribution in [3.05, 3.63) is 77.9 Å². The number of carboxylic acid groups (broad SMARTS) is 1. The topological polar surface area (TPSA) is 89.9 Å². The monoisotopic (exact) mass is 1060 g/mol. The average molecular weight is 1060 g/mol. The molecule has 0 amide bonds. The zero-order chi connectivity index (χ0) is 53.8. The smallest absolute Gasteiger partial charge is 0.303 e. The summed E-state index contributed by atoms with van der Waals surface area (Å²) in [6, 6.07) is 21.8. The molecule has 8 fully saturated rings. The van der Waals surface area contributed by atoms with E-state index in [1.165, 1.54) is 93.7 Å². The van der Waals surface area contributed by atoms with Crippen molar-refractivity contribution in [3.63, 3.8) is 0 Å². The van der Waals surface area contributed by atoms with E-state index in [0.29, 0.717) is 93.2 Å². The van der Waals surface area contributed by atoms with Crippen LogP contribution >= 0.6 is 0 Å². The fourth-order valence-corrected chi connectivity index (χ4v) is 21.5. The molecule has 8 saturated carbocycles. The molecule has 0 saturated heterocycles. The Morgan fingerprint density at radius 3 is 1.31 bits per heavy atom. The Morgan fingerprint density at radius 1 is 0.558 bits per heavy atom. The van der Waals surface area contributed by atoms with Crippen LogP contribution in [0.5, 0.6) is 0 Å². The molecule has 6 nitrogen and oxygen atoms in total. The van der Waals surface area contributed by atoms with Crippen molar-refractivity contribution < 1.29 is 29.0 Å². The zero-order valence-corrected chi connectivity index (χ0v) is 49.0. The van der Waals surface area contributed by atoms with Gasteiger partial charge in [-0.2, -0.15) is 0 Å². The molecule has 2 aromatic rings. The predicted octanol–water partition coefficient (Wildman–Crippen LogP) is 18.5. The van der Waals surface area contributed by atoms with Crippen LogP contribution < -0.4 is 0 Å². The van der Waals surface area contributed by atoms with Crippen LogP contribution in [0.4, 0.5) is 0 Å². The number of allylic oxidation sites excluding steroid dienone is 1. The third kappa shape index (κ3) is 11.2. The Labute approximate surface area is 470 Å². The third-order valence-electron chi connectivity index (χ3n) is 24.8. The van der Waals surface area contributed by atoms with Gasteiger partial charge in [0.1, 0.15) is 12.2 Å². The molecule has 8 aliphatic carbocycles. The third-order valence-corrected chi connectivity index (χ3v) is 24.8. The van der Waals surface area contributed by atoms with Gasteiger partial charge in [-0.3, -0.25) is 14.4 Å². The summed E-state index contributed by atoms with van der Waals surface area (Å²) in [7, 11) is 0. The van der Waals surface area contributed by atoms with Gasteiger partial charge in [0.15, 0.2) is 0 Å². The first-order valence-electron chi connectivity index (χ1n) is 31.1. The average Bonchev–Trinajstić information content (AvgIpc) is 4.15. The van der Waals surface area contributed by atoms with E-state index in [4.69, 9.17) is 9.47 Å². The van der Waals surface area contributed by atoms with Crippen LogP contribution in [-0.2, 0) is 23.9 Å². The van der Waals surface area contributed by atoms with Crippen molar-refractivity contribution in [2.24, 2.45) is 116 Å². The summed E-state index contributed by atoms with van der Waals surface area (Å²) in [5.41, 5.74) is 5.18. The second-order valence-electron chi connectivity index (χ2n) is 28.5. The number of aliphatic carboxylic acids is 1.